The van der Waals surface area contributed by atoms with Crippen LogP contribution in [0.5, 0.6) is 0 Å². The normalized spacial score (nSPS) is 12.9. The third-order valence-electron chi connectivity index (χ3n) is 3.31. The molecule has 2 rings (SSSR count). The van der Waals surface area contributed by atoms with Crippen molar-refractivity contribution in [2.75, 3.05) is 6.26 Å². The van der Waals surface area contributed by atoms with Gasteiger partial charge in [-0.15, -0.1) is 0 Å². The second kappa shape index (κ2) is 6.84. The van der Waals surface area contributed by atoms with Gasteiger partial charge in [0.2, 0.25) is 11.7 Å². The van der Waals surface area contributed by atoms with Crippen molar-refractivity contribution < 1.29 is 4.79 Å². The highest BCUT2D eigenvalue weighted by atomic mass is 32.2. The molecule has 22 heavy (non-hydrogen) atoms. The second-order valence-corrected chi connectivity index (χ2v) is 6.66. The standard InChI is InChI=1S/C13H19N7OS/c1-13(2,22-3)10(14)12(21)17-7-9-18-11(20-19-9)8-6-15-4-5-16-8/h4-6,10H,7,14H2,1-3H3,(H,17,21)(H,18,19,20)/t10-/m1/s1. The van der Waals surface area contributed by atoms with Crippen molar-refractivity contribution in [3.05, 3.63) is 24.4 Å². The van der Waals surface area contributed by atoms with Crippen LogP contribution in [0, 0.1) is 0 Å². The molecule has 1 amide bonds. The molecule has 9 heteroatoms. The molecule has 2 heterocycles. The number of amides is 1. The van der Waals surface area contributed by atoms with E-state index in [2.05, 4.69) is 30.5 Å². The van der Waals surface area contributed by atoms with Crippen molar-refractivity contribution in [3.8, 4) is 11.5 Å². The molecule has 2 aromatic heterocycles. The summed E-state index contributed by atoms with van der Waals surface area (Å²) in [5.41, 5.74) is 6.53. The summed E-state index contributed by atoms with van der Waals surface area (Å²) >= 11 is 1.55. The van der Waals surface area contributed by atoms with Crippen LogP contribution in [0.1, 0.15) is 19.7 Å². The molecule has 0 saturated heterocycles. The van der Waals surface area contributed by atoms with Gasteiger partial charge in [-0.3, -0.25) is 14.9 Å². The van der Waals surface area contributed by atoms with E-state index >= 15 is 0 Å². The van der Waals surface area contributed by atoms with Crippen LogP contribution in [0.15, 0.2) is 18.6 Å². The van der Waals surface area contributed by atoms with Crippen LogP contribution >= 0.6 is 11.8 Å². The number of aromatic amines is 1. The van der Waals surface area contributed by atoms with Crippen molar-refractivity contribution in [2.45, 2.75) is 31.2 Å². The summed E-state index contributed by atoms with van der Waals surface area (Å²) in [4.78, 5) is 24.4. The highest BCUT2D eigenvalue weighted by Crippen LogP contribution is 2.24. The molecular formula is C13H19N7OS. The average Bonchev–Trinajstić information content (AvgIpc) is 3.01. The molecule has 8 nitrogen and oxygen atoms in total. The SMILES string of the molecule is CSC(C)(C)[C@H](N)C(=O)NCc1nc(-c2cnccn2)n[nH]1. The lowest BCUT2D eigenvalue weighted by Gasteiger charge is -2.28. The molecule has 1 atom stereocenters. The number of carbonyl (C=O) groups excluding carboxylic acids is 1. The number of hydrogen-bond acceptors (Lipinski definition) is 7. The van der Waals surface area contributed by atoms with Crippen LogP contribution < -0.4 is 11.1 Å². The minimum Gasteiger partial charge on any atom is -0.347 e. The van der Waals surface area contributed by atoms with Crippen molar-refractivity contribution >= 4 is 17.7 Å². The van der Waals surface area contributed by atoms with Crippen LogP contribution in [0.4, 0.5) is 0 Å². The highest BCUT2D eigenvalue weighted by Gasteiger charge is 2.31. The maximum absolute atomic E-state index is 12.1. The van der Waals surface area contributed by atoms with Crippen LogP contribution in [-0.4, -0.2) is 48.1 Å². The van der Waals surface area contributed by atoms with Crippen molar-refractivity contribution in [2.24, 2.45) is 5.73 Å². The Kier molecular flexibility index (Phi) is 5.09. The summed E-state index contributed by atoms with van der Waals surface area (Å²) in [6.45, 7) is 4.09. The van der Waals surface area contributed by atoms with E-state index in [1.165, 1.54) is 0 Å². The summed E-state index contributed by atoms with van der Waals surface area (Å²) in [5.74, 6) is 0.742. The molecule has 0 saturated carbocycles. The van der Waals surface area contributed by atoms with Gasteiger partial charge in [0, 0.05) is 17.1 Å². The zero-order valence-electron chi connectivity index (χ0n) is 12.7. The summed E-state index contributed by atoms with van der Waals surface area (Å²) in [7, 11) is 0. The van der Waals surface area contributed by atoms with Gasteiger partial charge in [0.25, 0.3) is 0 Å². The summed E-state index contributed by atoms with van der Waals surface area (Å²) in [6.07, 6.45) is 6.64. The second-order valence-electron chi connectivity index (χ2n) is 5.20. The maximum atomic E-state index is 12.1. The number of carbonyl (C=O) groups is 1. The number of nitrogens with two attached hydrogens (primary N) is 1. The number of rotatable bonds is 6. The zero-order chi connectivity index (χ0) is 16.2. The average molecular weight is 321 g/mol. The molecule has 0 bridgehead atoms. The van der Waals surface area contributed by atoms with E-state index in [0.717, 1.165) is 0 Å². The molecule has 4 N–H and O–H groups in total. The fraction of sp³-hybridized carbons (Fsp3) is 0.462. The van der Waals surface area contributed by atoms with E-state index in [0.29, 0.717) is 17.3 Å². The fourth-order valence-corrected chi connectivity index (χ4v) is 1.99. The lowest BCUT2D eigenvalue weighted by atomic mass is 10.0. The molecule has 0 unspecified atom stereocenters. The minimum atomic E-state index is -0.607. The Morgan fingerprint density at radius 3 is 2.91 bits per heavy atom. The van der Waals surface area contributed by atoms with Crippen molar-refractivity contribution in [1.82, 2.24) is 30.5 Å². The van der Waals surface area contributed by atoms with E-state index in [-0.39, 0.29) is 17.2 Å². The largest absolute Gasteiger partial charge is 0.347 e. The van der Waals surface area contributed by atoms with E-state index in [1.807, 2.05) is 20.1 Å². The molecule has 0 aliphatic carbocycles. The predicted octanol–water partition coefficient (Wildman–Crippen LogP) is 0.347. The van der Waals surface area contributed by atoms with Crippen LogP contribution in [0.25, 0.3) is 11.5 Å². The number of nitrogens with one attached hydrogen (secondary N) is 2. The van der Waals surface area contributed by atoms with E-state index in [9.17, 15) is 4.79 Å². The Hall–Kier alpha value is -2.00. The third kappa shape index (κ3) is 3.80. The molecule has 118 valence electrons. The molecule has 0 fully saturated rings. The summed E-state index contributed by atoms with van der Waals surface area (Å²) in [5, 5.41) is 9.57. The Morgan fingerprint density at radius 2 is 2.27 bits per heavy atom. The van der Waals surface area contributed by atoms with Crippen LogP contribution in [0.2, 0.25) is 0 Å². The van der Waals surface area contributed by atoms with E-state index in [4.69, 9.17) is 5.73 Å². The van der Waals surface area contributed by atoms with Gasteiger partial charge in [-0.05, 0) is 20.1 Å². The first-order chi connectivity index (χ1) is 10.4. The maximum Gasteiger partial charge on any atom is 0.238 e. The molecule has 0 spiro atoms. The van der Waals surface area contributed by atoms with Crippen LogP contribution in [-0.2, 0) is 11.3 Å². The van der Waals surface area contributed by atoms with Crippen molar-refractivity contribution in [1.29, 1.82) is 0 Å². The number of thioether (sulfide) groups is 1. The fourth-order valence-electron chi connectivity index (χ4n) is 1.63. The molecule has 0 aromatic carbocycles. The van der Waals surface area contributed by atoms with E-state index in [1.54, 1.807) is 30.4 Å². The Labute approximate surface area is 132 Å². The van der Waals surface area contributed by atoms with Crippen LogP contribution in [0.3, 0.4) is 0 Å². The number of aromatic nitrogens is 5. The van der Waals surface area contributed by atoms with Gasteiger partial charge < -0.3 is 11.1 Å². The number of hydrogen-bond donors (Lipinski definition) is 3. The number of nitrogens with zero attached hydrogens (tertiary/aromatic N) is 4. The number of H-pyrrole nitrogens is 1. The Morgan fingerprint density at radius 1 is 1.50 bits per heavy atom. The first-order valence-corrected chi connectivity index (χ1v) is 7.92. The minimum absolute atomic E-state index is 0.225. The first kappa shape index (κ1) is 16.4. The van der Waals surface area contributed by atoms with Crippen molar-refractivity contribution in [3.63, 3.8) is 0 Å². The molecular weight excluding hydrogens is 302 g/mol. The van der Waals surface area contributed by atoms with Gasteiger partial charge in [0.1, 0.15) is 11.5 Å². The van der Waals surface area contributed by atoms with Gasteiger partial charge >= 0.3 is 0 Å². The molecule has 0 aliphatic heterocycles. The van der Waals surface area contributed by atoms with Gasteiger partial charge in [0.05, 0.1) is 18.8 Å². The topological polar surface area (TPSA) is 122 Å². The Balaban J connectivity index is 1.96. The smallest absolute Gasteiger partial charge is 0.238 e. The summed E-state index contributed by atoms with van der Waals surface area (Å²) in [6, 6.07) is -0.607. The van der Waals surface area contributed by atoms with Gasteiger partial charge in [-0.1, -0.05) is 0 Å². The lowest BCUT2D eigenvalue weighted by molar-refractivity contribution is -0.123. The van der Waals surface area contributed by atoms with E-state index < -0.39 is 6.04 Å². The summed E-state index contributed by atoms with van der Waals surface area (Å²) < 4.78 is -0.337. The zero-order valence-corrected chi connectivity index (χ0v) is 13.5. The monoisotopic (exact) mass is 321 g/mol. The lowest BCUT2D eigenvalue weighted by Crippen LogP contribution is -2.51. The van der Waals surface area contributed by atoms with Gasteiger partial charge in [-0.25, -0.2) is 9.97 Å². The highest BCUT2D eigenvalue weighted by molar-refractivity contribution is 8.00. The molecule has 0 aliphatic rings. The van der Waals surface area contributed by atoms with Gasteiger partial charge in [0.15, 0.2) is 0 Å². The predicted molar refractivity (Wildman–Crippen MR) is 84.8 cm³/mol. The third-order valence-corrected chi connectivity index (χ3v) is 4.62. The quantitative estimate of drug-likeness (QED) is 0.701. The molecule has 0 radical (unpaired) electrons. The van der Waals surface area contributed by atoms with Gasteiger partial charge in [-0.2, -0.15) is 16.9 Å². The Bertz CT molecular complexity index is 628. The molecule has 2 aromatic rings. The first-order valence-electron chi connectivity index (χ1n) is 6.70.